The van der Waals surface area contributed by atoms with E-state index in [0.717, 1.165) is 18.8 Å². The maximum absolute atomic E-state index is 10.7. The molecule has 1 aromatic rings. The summed E-state index contributed by atoms with van der Waals surface area (Å²) in [5, 5.41) is 8.75. The highest BCUT2D eigenvalue weighted by atomic mass is 16.5. The van der Waals surface area contributed by atoms with Gasteiger partial charge in [0.15, 0.2) is 0 Å². The minimum atomic E-state index is -0.844. The predicted octanol–water partition coefficient (Wildman–Crippen LogP) is 1.34. The van der Waals surface area contributed by atoms with Gasteiger partial charge in [0.25, 0.3) is 0 Å². The number of hydrogen-bond acceptors (Lipinski definition) is 3. The molecule has 2 rings (SSSR count). The van der Waals surface area contributed by atoms with E-state index >= 15 is 0 Å². The topological polar surface area (TPSA) is 55.8 Å². The first-order valence-electron chi connectivity index (χ1n) is 5.26. The van der Waals surface area contributed by atoms with E-state index in [1.54, 1.807) is 12.1 Å². The lowest BCUT2D eigenvalue weighted by atomic mass is 10.1. The quantitative estimate of drug-likeness (QED) is 0.816. The molecule has 86 valence electrons. The van der Waals surface area contributed by atoms with Gasteiger partial charge < -0.3 is 14.6 Å². The summed E-state index contributed by atoms with van der Waals surface area (Å²) in [6.07, 6.45) is -0.00264. The molecule has 0 aromatic heterocycles. The summed E-state index contributed by atoms with van der Waals surface area (Å²) in [4.78, 5) is 10.7. The van der Waals surface area contributed by atoms with E-state index < -0.39 is 5.97 Å². The van der Waals surface area contributed by atoms with Gasteiger partial charge in [-0.1, -0.05) is 18.2 Å². The maximum atomic E-state index is 10.7. The highest BCUT2D eigenvalue weighted by Crippen LogP contribution is 2.20. The van der Waals surface area contributed by atoms with Crippen LogP contribution in [-0.2, 0) is 16.0 Å². The molecule has 1 aliphatic heterocycles. The van der Waals surface area contributed by atoms with Crippen LogP contribution in [0.5, 0.6) is 5.75 Å². The predicted molar refractivity (Wildman–Crippen MR) is 57.6 cm³/mol. The van der Waals surface area contributed by atoms with Gasteiger partial charge in [-0.3, -0.25) is 4.79 Å². The Hall–Kier alpha value is -1.55. The van der Waals surface area contributed by atoms with Crippen LogP contribution in [0.1, 0.15) is 5.56 Å². The maximum Gasteiger partial charge on any atom is 0.307 e. The van der Waals surface area contributed by atoms with Crippen LogP contribution in [0, 0.1) is 5.92 Å². The first-order valence-corrected chi connectivity index (χ1v) is 5.26. The molecule has 0 atom stereocenters. The third-order valence-electron chi connectivity index (χ3n) is 2.50. The normalized spacial score (nSPS) is 15.5. The van der Waals surface area contributed by atoms with Crippen molar-refractivity contribution in [1.29, 1.82) is 0 Å². The van der Waals surface area contributed by atoms with Crippen molar-refractivity contribution in [2.24, 2.45) is 5.92 Å². The van der Waals surface area contributed by atoms with E-state index in [0.29, 0.717) is 18.3 Å². The van der Waals surface area contributed by atoms with Crippen LogP contribution < -0.4 is 4.74 Å². The van der Waals surface area contributed by atoms with E-state index in [9.17, 15) is 4.79 Å². The zero-order valence-corrected chi connectivity index (χ0v) is 8.89. The van der Waals surface area contributed by atoms with Crippen molar-refractivity contribution in [2.75, 3.05) is 19.8 Å². The molecule has 0 radical (unpaired) electrons. The highest BCUT2D eigenvalue weighted by Gasteiger charge is 2.19. The minimum absolute atomic E-state index is 0.00264. The molecule has 1 fully saturated rings. The molecule has 0 saturated carbocycles. The van der Waals surface area contributed by atoms with Crippen LogP contribution in [0.25, 0.3) is 0 Å². The van der Waals surface area contributed by atoms with Gasteiger partial charge in [-0.2, -0.15) is 0 Å². The van der Waals surface area contributed by atoms with E-state index in [1.165, 1.54) is 0 Å². The summed E-state index contributed by atoms with van der Waals surface area (Å²) in [7, 11) is 0. The number of ether oxygens (including phenoxy) is 2. The standard InChI is InChI=1S/C12H14O4/c13-12(14)5-10-3-1-2-4-11(10)16-8-9-6-15-7-9/h1-4,9H,5-8H2,(H,13,14). The second-order valence-corrected chi connectivity index (χ2v) is 3.89. The molecule has 1 aromatic carbocycles. The van der Waals surface area contributed by atoms with Gasteiger partial charge in [0, 0.05) is 11.5 Å². The third kappa shape index (κ3) is 2.73. The van der Waals surface area contributed by atoms with E-state index in [4.69, 9.17) is 14.6 Å². The molecule has 1 saturated heterocycles. The largest absolute Gasteiger partial charge is 0.493 e. The number of carbonyl (C=O) groups is 1. The van der Waals surface area contributed by atoms with Gasteiger partial charge in [0.2, 0.25) is 0 Å². The average molecular weight is 222 g/mol. The Labute approximate surface area is 93.8 Å². The van der Waals surface area contributed by atoms with Crippen LogP contribution in [-0.4, -0.2) is 30.9 Å². The third-order valence-corrected chi connectivity index (χ3v) is 2.50. The molecule has 4 nitrogen and oxygen atoms in total. The highest BCUT2D eigenvalue weighted by molar-refractivity contribution is 5.71. The number of rotatable bonds is 5. The van der Waals surface area contributed by atoms with Crippen molar-refractivity contribution in [1.82, 2.24) is 0 Å². The van der Waals surface area contributed by atoms with E-state index in [1.807, 2.05) is 12.1 Å². The van der Waals surface area contributed by atoms with E-state index in [-0.39, 0.29) is 6.42 Å². The molecule has 1 heterocycles. The summed E-state index contributed by atoms with van der Waals surface area (Å²) < 4.78 is 10.6. The Morgan fingerprint density at radius 1 is 1.44 bits per heavy atom. The molecular formula is C12H14O4. The average Bonchev–Trinajstić information content (AvgIpc) is 2.17. The van der Waals surface area contributed by atoms with Crippen molar-refractivity contribution < 1.29 is 19.4 Å². The first kappa shape index (κ1) is 11.0. The number of hydrogen-bond donors (Lipinski definition) is 1. The van der Waals surface area contributed by atoms with Crippen LogP contribution in [0.2, 0.25) is 0 Å². The fourth-order valence-electron chi connectivity index (χ4n) is 1.54. The minimum Gasteiger partial charge on any atom is -0.493 e. The smallest absolute Gasteiger partial charge is 0.307 e. The van der Waals surface area contributed by atoms with Gasteiger partial charge >= 0.3 is 5.97 Å². The van der Waals surface area contributed by atoms with Gasteiger partial charge in [-0.25, -0.2) is 0 Å². The Bertz CT molecular complexity index is 371. The van der Waals surface area contributed by atoms with Crippen molar-refractivity contribution in [3.05, 3.63) is 29.8 Å². The molecule has 1 aliphatic rings. The molecule has 0 spiro atoms. The Balaban J connectivity index is 1.97. The molecule has 0 bridgehead atoms. The van der Waals surface area contributed by atoms with Gasteiger partial charge in [0.1, 0.15) is 5.75 Å². The Kier molecular flexibility index (Phi) is 3.41. The molecule has 16 heavy (non-hydrogen) atoms. The molecule has 0 amide bonds. The molecule has 0 unspecified atom stereocenters. The van der Waals surface area contributed by atoms with E-state index in [2.05, 4.69) is 0 Å². The SMILES string of the molecule is O=C(O)Cc1ccccc1OCC1COC1. The van der Waals surface area contributed by atoms with Crippen LogP contribution in [0.15, 0.2) is 24.3 Å². The van der Waals surface area contributed by atoms with Crippen LogP contribution >= 0.6 is 0 Å². The number of aliphatic carboxylic acids is 1. The second-order valence-electron chi connectivity index (χ2n) is 3.89. The summed E-state index contributed by atoms with van der Waals surface area (Å²) in [5.41, 5.74) is 0.718. The zero-order valence-electron chi connectivity index (χ0n) is 8.89. The van der Waals surface area contributed by atoms with Crippen LogP contribution in [0.4, 0.5) is 0 Å². The second kappa shape index (κ2) is 4.99. The lowest BCUT2D eigenvalue weighted by Crippen LogP contribution is -2.32. The lowest BCUT2D eigenvalue weighted by molar-refractivity contribution is -0.136. The number of carboxylic acids is 1. The van der Waals surface area contributed by atoms with Gasteiger partial charge in [0.05, 0.1) is 26.2 Å². The number of benzene rings is 1. The summed E-state index contributed by atoms with van der Waals surface area (Å²) in [5.74, 6) is 0.262. The first-order chi connectivity index (χ1) is 7.75. The van der Waals surface area contributed by atoms with Crippen molar-refractivity contribution in [2.45, 2.75) is 6.42 Å². The molecule has 1 N–H and O–H groups in total. The molecule has 0 aliphatic carbocycles. The van der Waals surface area contributed by atoms with Crippen molar-refractivity contribution in [3.63, 3.8) is 0 Å². The molecular weight excluding hydrogens is 208 g/mol. The molecule has 4 heteroatoms. The van der Waals surface area contributed by atoms with Crippen molar-refractivity contribution in [3.8, 4) is 5.75 Å². The fourth-order valence-corrected chi connectivity index (χ4v) is 1.54. The number of para-hydroxylation sites is 1. The van der Waals surface area contributed by atoms with Crippen molar-refractivity contribution >= 4 is 5.97 Å². The van der Waals surface area contributed by atoms with Gasteiger partial charge in [-0.15, -0.1) is 0 Å². The lowest BCUT2D eigenvalue weighted by Gasteiger charge is -2.26. The zero-order chi connectivity index (χ0) is 11.4. The summed E-state index contributed by atoms with van der Waals surface area (Å²) in [6, 6.07) is 7.24. The van der Waals surface area contributed by atoms with Gasteiger partial charge in [-0.05, 0) is 6.07 Å². The number of carboxylic acid groups (broad SMARTS) is 1. The Morgan fingerprint density at radius 2 is 2.19 bits per heavy atom. The summed E-state index contributed by atoms with van der Waals surface area (Å²) in [6.45, 7) is 2.07. The Morgan fingerprint density at radius 3 is 2.81 bits per heavy atom. The fraction of sp³-hybridized carbons (Fsp3) is 0.417. The van der Waals surface area contributed by atoms with Crippen LogP contribution in [0.3, 0.4) is 0 Å². The summed E-state index contributed by atoms with van der Waals surface area (Å²) >= 11 is 0. The monoisotopic (exact) mass is 222 g/mol.